The van der Waals surface area contributed by atoms with Crippen LogP contribution >= 0.6 is 0 Å². The van der Waals surface area contributed by atoms with Crippen LogP contribution in [0.2, 0.25) is 0 Å². The van der Waals surface area contributed by atoms with Gasteiger partial charge in [0.05, 0.1) is 5.60 Å². The van der Waals surface area contributed by atoms with Gasteiger partial charge in [0.25, 0.3) is 0 Å². The lowest BCUT2D eigenvalue weighted by Crippen LogP contribution is -2.69. The van der Waals surface area contributed by atoms with Crippen molar-refractivity contribution < 1.29 is 4.74 Å². The van der Waals surface area contributed by atoms with Crippen LogP contribution in [0, 0.1) is 5.41 Å². The first-order valence-electron chi connectivity index (χ1n) is 9.76. The SMILES string of the molecule is CCN=C(NC1CC(C)(OC)C1(C)C)N1CCC(N2CCCC2)C1. The molecule has 5 heteroatoms. The van der Waals surface area contributed by atoms with Crippen molar-refractivity contribution in [2.24, 2.45) is 10.4 Å². The number of likely N-dealkylation sites (tertiary alicyclic amines) is 2. The fourth-order valence-corrected chi connectivity index (χ4v) is 4.60. The molecule has 3 aliphatic rings. The van der Waals surface area contributed by atoms with Crippen LogP contribution in [-0.2, 0) is 4.74 Å². The summed E-state index contributed by atoms with van der Waals surface area (Å²) < 4.78 is 5.77. The van der Waals surface area contributed by atoms with Gasteiger partial charge in [0.15, 0.2) is 5.96 Å². The third-order valence-electron chi connectivity index (χ3n) is 7.01. The monoisotopic (exact) mass is 336 g/mol. The van der Waals surface area contributed by atoms with Crippen LogP contribution in [0.25, 0.3) is 0 Å². The lowest BCUT2D eigenvalue weighted by Gasteiger charge is -2.59. The van der Waals surface area contributed by atoms with E-state index < -0.39 is 0 Å². The number of hydrogen-bond acceptors (Lipinski definition) is 3. The van der Waals surface area contributed by atoms with Crippen LogP contribution in [0.4, 0.5) is 0 Å². The molecule has 0 aromatic heterocycles. The molecule has 1 N–H and O–H groups in total. The predicted molar refractivity (Wildman–Crippen MR) is 99.5 cm³/mol. The Bertz CT molecular complexity index is 472. The molecule has 3 atom stereocenters. The topological polar surface area (TPSA) is 40.1 Å². The summed E-state index contributed by atoms with van der Waals surface area (Å²) in [5.74, 6) is 1.11. The Morgan fingerprint density at radius 1 is 1.21 bits per heavy atom. The molecule has 0 radical (unpaired) electrons. The van der Waals surface area contributed by atoms with Gasteiger partial charge in [-0.15, -0.1) is 0 Å². The van der Waals surface area contributed by atoms with Crippen molar-refractivity contribution in [2.45, 2.75) is 71.1 Å². The second-order valence-electron chi connectivity index (χ2n) is 8.49. The second-order valence-corrected chi connectivity index (χ2v) is 8.49. The number of ether oxygens (including phenoxy) is 1. The van der Waals surface area contributed by atoms with Crippen molar-refractivity contribution in [1.82, 2.24) is 15.1 Å². The lowest BCUT2D eigenvalue weighted by molar-refractivity contribution is -0.176. The quantitative estimate of drug-likeness (QED) is 0.632. The van der Waals surface area contributed by atoms with Crippen LogP contribution in [0.3, 0.4) is 0 Å². The highest BCUT2D eigenvalue weighted by Crippen LogP contribution is 2.51. The maximum Gasteiger partial charge on any atom is 0.194 e. The predicted octanol–water partition coefficient (Wildman–Crippen LogP) is 2.33. The first kappa shape index (κ1) is 18.0. The van der Waals surface area contributed by atoms with E-state index in [1.54, 1.807) is 0 Å². The van der Waals surface area contributed by atoms with Gasteiger partial charge in [0, 0.05) is 44.2 Å². The zero-order chi connectivity index (χ0) is 17.4. The smallest absolute Gasteiger partial charge is 0.194 e. The molecule has 3 rings (SSSR count). The number of nitrogens with one attached hydrogen (secondary N) is 1. The van der Waals surface area contributed by atoms with Gasteiger partial charge < -0.3 is 15.0 Å². The Balaban J connectivity index is 1.61. The van der Waals surface area contributed by atoms with E-state index >= 15 is 0 Å². The third kappa shape index (κ3) is 3.05. The van der Waals surface area contributed by atoms with Crippen LogP contribution in [-0.4, -0.2) is 73.3 Å². The van der Waals surface area contributed by atoms with E-state index in [0.29, 0.717) is 6.04 Å². The van der Waals surface area contributed by atoms with E-state index in [1.807, 2.05) is 7.11 Å². The van der Waals surface area contributed by atoms with Crippen LogP contribution in [0.15, 0.2) is 4.99 Å². The average molecular weight is 337 g/mol. The van der Waals surface area contributed by atoms with E-state index in [2.05, 4.69) is 42.8 Å². The summed E-state index contributed by atoms with van der Waals surface area (Å²) >= 11 is 0. The Labute approximate surface area is 147 Å². The van der Waals surface area contributed by atoms with Gasteiger partial charge in [-0.3, -0.25) is 9.89 Å². The molecule has 0 aromatic rings. The Morgan fingerprint density at radius 3 is 2.50 bits per heavy atom. The summed E-state index contributed by atoms with van der Waals surface area (Å²) in [6.07, 6.45) is 5.06. The molecule has 0 spiro atoms. The van der Waals surface area contributed by atoms with Gasteiger partial charge >= 0.3 is 0 Å². The molecule has 2 saturated heterocycles. The Kier molecular flexibility index (Phi) is 5.12. The third-order valence-corrected chi connectivity index (χ3v) is 7.01. The first-order valence-corrected chi connectivity index (χ1v) is 9.76. The van der Waals surface area contributed by atoms with Gasteiger partial charge in [0.2, 0.25) is 0 Å². The molecule has 1 saturated carbocycles. The summed E-state index contributed by atoms with van der Waals surface area (Å²) in [6, 6.07) is 1.15. The van der Waals surface area contributed by atoms with Crippen molar-refractivity contribution in [3.63, 3.8) is 0 Å². The van der Waals surface area contributed by atoms with Gasteiger partial charge in [-0.2, -0.15) is 0 Å². The van der Waals surface area contributed by atoms with E-state index in [4.69, 9.17) is 9.73 Å². The molecule has 1 aliphatic carbocycles. The lowest BCUT2D eigenvalue weighted by atomic mass is 9.56. The van der Waals surface area contributed by atoms with Crippen LogP contribution < -0.4 is 5.32 Å². The molecule has 0 bridgehead atoms. The molecule has 3 fully saturated rings. The minimum atomic E-state index is -0.0366. The maximum absolute atomic E-state index is 5.77. The van der Waals surface area contributed by atoms with Crippen LogP contribution in [0.5, 0.6) is 0 Å². The molecule has 0 amide bonds. The van der Waals surface area contributed by atoms with E-state index in [9.17, 15) is 0 Å². The van der Waals surface area contributed by atoms with E-state index in [0.717, 1.165) is 38.1 Å². The molecular weight excluding hydrogens is 300 g/mol. The summed E-state index contributed by atoms with van der Waals surface area (Å²) in [5, 5.41) is 3.76. The summed E-state index contributed by atoms with van der Waals surface area (Å²) in [6.45, 7) is 14.6. The Morgan fingerprint density at radius 2 is 1.92 bits per heavy atom. The van der Waals surface area contributed by atoms with Crippen molar-refractivity contribution in [2.75, 3.05) is 39.8 Å². The Hall–Kier alpha value is -0.810. The number of nitrogens with zero attached hydrogens (tertiary/aromatic N) is 3. The molecular formula is C19H36N4O. The highest BCUT2D eigenvalue weighted by Gasteiger charge is 2.58. The maximum atomic E-state index is 5.77. The molecule has 138 valence electrons. The summed E-state index contributed by atoms with van der Waals surface area (Å²) in [7, 11) is 1.83. The number of methoxy groups -OCH3 is 1. The standard InChI is InChI=1S/C19H36N4O/c1-6-20-17(21-16-13-19(4,24-5)18(16,2)3)23-12-9-15(14-23)22-10-7-8-11-22/h15-16H,6-14H2,1-5H3,(H,20,21). The highest BCUT2D eigenvalue weighted by molar-refractivity contribution is 5.81. The van der Waals surface area contributed by atoms with Gasteiger partial charge in [-0.25, -0.2) is 0 Å². The van der Waals surface area contributed by atoms with E-state index in [1.165, 1.54) is 32.4 Å². The van der Waals surface area contributed by atoms with Crippen molar-refractivity contribution in [1.29, 1.82) is 0 Å². The van der Waals surface area contributed by atoms with Crippen molar-refractivity contribution >= 4 is 5.96 Å². The minimum absolute atomic E-state index is 0.0366. The van der Waals surface area contributed by atoms with Crippen molar-refractivity contribution in [3.8, 4) is 0 Å². The largest absolute Gasteiger partial charge is 0.378 e. The zero-order valence-electron chi connectivity index (χ0n) is 16.3. The van der Waals surface area contributed by atoms with Crippen LogP contribution in [0.1, 0.15) is 53.4 Å². The van der Waals surface area contributed by atoms with E-state index in [-0.39, 0.29) is 11.0 Å². The molecule has 2 aliphatic heterocycles. The highest BCUT2D eigenvalue weighted by atomic mass is 16.5. The van der Waals surface area contributed by atoms with Crippen molar-refractivity contribution in [3.05, 3.63) is 0 Å². The number of aliphatic imine (C=N–C) groups is 1. The van der Waals surface area contributed by atoms with Gasteiger partial charge in [-0.1, -0.05) is 13.8 Å². The summed E-state index contributed by atoms with van der Waals surface area (Å²) in [4.78, 5) is 9.96. The van der Waals surface area contributed by atoms with Gasteiger partial charge in [0.1, 0.15) is 0 Å². The molecule has 3 unspecified atom stereocenters. The second kappa shape index (κ2) is 6.83. The average Bonchev–Trinajstić information content (AvgIpc) is 3.24. The number of hydrogen-bond donors (Lipinski definition) is 1. The molecule has 0 aromatic carbocycles. The number of rotatable bonds is 4. The van der Waals surface area contributed by atoms with Gasteiger partial charge in [-0.05, 0) is 52.6 Å². The first-order chi connectivity index (χ1) is 11.4. The fraction of sp³-hybridized carbons (Fsp3) is 0.947. The molecule has 5 nitrogen and oxygen atoms in total. The molecule has 2 heterocycles. The summed E-state index contributed by atoms with van der Waals surface area (Å²) in [5.41, 5.74) is 0.0788. The zero-order valence-corrected chi connectivity index (χ0v) is 16.3. The molecule has 24 heavy (non-hydrogen) atoms. The fourth-order valence-electron chi connectivity index (χ4n) is 4.60. The number of guanidine groups is 1. The minimum Gasteiger partial charge on any atom is -0.378 e. The normalized spacial score (nSPS) is 36.9.